The molecule has 0 fully saturated rings. The summed E-state index contributed by atoms with van der Waals surface area (Å²) in [6, 6.07) is 4.32. The van der Waals surface area contributed by atoms with Crippen molar-refractivity contribution in [1.29, 1.82) is 5.26 Å². The third-order valence-corrected chi connectivity index (χ3v) is 4.61. The van der Waals surface area contributed by atoms with Crippen LogP contribution >= 0.6 is 0 Å². The van der Waals surface area contributed by atoms with Gasteiger partial charge in [-0.05, 0) is 26.0 Å². The van der Waals surface area contributed by atoms with Crippen molar-refractivity contribution in [3.05, 3.63) is 79.4 Å². The Kier molecular flexibility index (Phi) is 6.23. The van der Waals surface area contributed by atoms with Gasteiger partial charge >= 0.3 is 12.1 Å². The second-order valence-electron chi connectivity index (χ2n) is 6.97. The number of benzene rings is 1. The van der Waals surface area contributed by atoms with Crippen LogP contribution in [0.2, 0.25) is 0 Å². The number of rotatable bonds is 5. The number of aromatic amines is 1. The fourth-order valence-electron chi connectivity index (χ4n) is 2.93. The van der Waals surface area contributed by atoms with Crippen LogP contribution in [0, 0.1) is 31.0 Å². The first-order valence-corrected chi connectivity index (χ1v) is 9.25. The number of hydrogen-bond acceptors (Lipinski definition) is 6. The van der Waals surface area contributed by atoms with Crippen LogP contribution in [-0.4, -0.2) is 25.7 Å². The number of nitriles is 1. The summed E-state index contributed by atoms with van der Waals surface area (Å²) in [6.07, 6.45) is -5.79. The van der Waals surface area contributed by atoms with Crippen molar-refractivity contribution in [3.8, 4) is 17.6 Å². The normalized spacial score (nSPS) is 11.9. The first-order valence-electron chi connectivity index (χ1n) is 9.25. The summed E-state index contributed by atoms with van der Waals surface area (Å²) in [5, 5.41) is 8.90. The first kappa shape index (κ1) is 24.5. The molecule has 34 heavy (non-hydrogen) atoms. The molecule has 0 saturated carbocycles. The second-order valence-corrected chi connectivity index (χ2v) is 6.97. The van der Waals surface area contributed by atoms with Gasteiger partial charge in [-0.2, -0.15) is 27.2 Å². The van der Waals surface area contributed by atoms with Crippen molar-refractivity contribution < 1.29 is 31.1 Å². The standard InChI is InChI=1S/C20H13F6N5O3/c1-9-12(17(32)30-10(2)29-9)7-31-8-28-16(19(22,23)20(24,25)26)15(18(31)33)34-13-5-3-4-11(6-27)14(13)21/h3-5,8H,7H2,1-2H3,(H,29,30,32). The molecule has 0 saturated heterocycles. The van der Waals surface area contributed by atoms with Crippen molar-refractivity contribution >= 4 is 0 Å². The lowest BCUT2D eigenvalue weighted by Gasteiger charge is -2.21. The molecule has 0 radical (unpaired) electrons. The first-order chi connectivity index (χ1) is 15.8. The molecule has 0 bridgehead atoms. The maximum absolute atomic E-state index is 14.4. The van der Waals surface area contributed by atoms with Crippen LogP contribution in [0.3, 0.4) is 0 Å². The van der Waals surface area contributed by atoms with Crippen LogP contribution in [0.5, 0.6) is 11.5 Å². The van der Waals surface area contributed by atoms with Crippen molar-refractivity contribution in [2.75, 3.05) is 0 Å². The molecule has 0 aliphatic heterocycles. The van der Waals surface area contributed by atoms with Crippen LogP contribution in [0.4, 0.5) is 26.3 Å². The van der Waals surface area contributed by atoms with Crippen LogP contribution in [0.15, 0.2) is 34.1 Å². The molecule has 0 atom stereocenters. The van der Waals surface area contributed by atoms with E-state index in [2.05, 4.69) is 15.0 Å². The zero-order chi connectivity index (χ0) is 25.4. The summed E-state index contributed by atoms with van der Waals surface area (Å²) in [6.45, 7) is 2.29. The molecule has 14 heteroatoms. The van der Waals surface area contributed by atoms with Gasteiger partial charge in [0.25, 0.3) is 11.1 Å². The summed E-state index contributed by atoms with van der Waals surface area (Å²) >= 11 is 0. The van der Waals surface area contributed by atoms with Crippen LogP contribution in [0.25, 0.3) is 0 Å². The lowest BCUT2D eigenvalue weighted by molar-refractivity contribution is -0.291. The fraction of sp³-hybridized carbons (Fsp3) is 0.250. The molecule has 1 N–H and O–H groups in total. The van der Waals surface area contributed by atoms with Gasteiger partial charge in [0.15, 0.2) is 17.3 Å². The minimum Gasteiger partial charge on any atom is -0.446 e. The highest BCUT2D eigenvalue weighted by molar-refractivity contribution is 5.42. The van der Waals surface area contributed by atoms with Gasteiger partial charge in [0.05, 0.1) is 24.0 Å². The van der Waals surface area contributed by atoms with Gasteiger partial charge < -0.3 is 9.72 Å². The molecular weight excluding hydrogens is 472 g/mol. The Morgan fingerprint density at radius 1 is 1.18 bits per heavy atom. The highest BCUT2D eigenvalue weighted by Gasteiger charge is 2.62. The average Bonchev–Trinajstić information content (AvgIpc) is 2.73. The Balaban J connectivity index is 2.23. The fourth-order valence-corrected chi connectivity index (χ4v) is 2.93. The predicted molar refractivity (Wildman–Crippen MR) is 103 cm³/mol. The summed E-state index contributed by atoms with van der Waals surface area (Å²) in [4.78, 5) is 34.6. The summed E-state index contributed by atoms with van der Waals surface area (Å²) < 4.78 is 87.2. The van der Waals surface area contributed by atoms with E-state index in [0.717, 1.165) is 18.2 Å². The molecule has 1 aromatic carbocycles. The highest BCUT2D eigenvalue weighted by atomic mass is 19.4. The highest BCUT2D eigenvalue weighted by Crippen LogP contribution is 2.46. The summed E-state index contributed by atoms with van der Waals surface area (Å²) in [5.41, 5.74) is -4.91. The topological polar surface area (TPSA) is 114 Å². The summed E-state index contributed by atoms with van der Waals surface area (Å²) in [7, 11) is 0. The quantitative estimate of drug-likeness (QED) is 0.554. The summed E-state index contributed by atoms with van der Waals surface area (Å²) in [5.74, 6) is -9.39. The van der Waals surface area contributed by atoms with Crippen molar-refractivity contribution in [2.45, 2.75) is 32.5 Å². The number of H-pyrrole nitrogens is 1. The Hall–Kier alpha value is -4.15. The maximum Gasteiger partial charge on any atom is 0.459 e. The average molecular weight is 485 g/mol. The molecule has 0 spiro atoms. The predicted octanol–water partition coefficient (Wildman–Crippen LogP) is 3.45. The lowest BCUT2D eigenvalue weighted by Crippen LogP contribution is -2.38. The molecule has 0 aliphatic carbocycles. The number of halogens is 6. The van der Waals surface area contributed by atoms with Crippen LogP contribution in [0.1, 0.15) is 28.3 Å². The van der Waals surface area contributed by atoms with Crippen molar-refractivity contribution in [2.24, 2.45) is 0 Å². The van der Waals surface area contributed by atoms with E-state index in [9.17, 15) is 35.9 Å². The molecule has 0 aliphatic rings. The Labute approximate surface area is 186 Å². The van der Waals surface area contributed by atoms with Gasteiger partial charge in [0, 0.05) is 5.69 Å². The minimum absolute atomic E-state index is 0.103. The van der Waals surface area contributed by atoms with E-state index in [1.54, 1.807) is 0 Å². The number of aromatic nitrogens is 4. The van der Waals surface area contributed by atoms with Gasteiger partial charge in [0.2, 0.25) is 5.75 Å². The minimum atomic E-state index is -6.17. The van der Waals surface area contributed by atoms with E-state index in [-0.39, 0.29) is 17.1 Å². The third-order valence-electron chi connectivity index (χ3n) is 4.61. The van der Waals surface area contributed by atoms with E-state index in [1.165, 1.54) is 19.9 Å². The number of ether oxygens (including phenoxy) is 1. The van der Waals surface area contributed by atoms with Gasteiger partial charge in [-0.3, -0.25) is 14.2 Å². The maximum atomic E-state index is 14.4. The molecule has 3 aromatic rings. The van der Waals surface area contributed by atoms with Crippen LogP contribution < -0.4 is 15.9 Å². The van der Waals surface area contributed by atoms with E-state index in [0.29, 0.717) is 10.9 Å². The number of hydrogen-bond donors (Lipinski definition) is 1. The molecule has 2 aromatic heterocycles. The van der Waals surface area contributed by atoms with Crippen molar-refractivity contribution in [3.63, 3.8) is 0 Å². The Bertz CT molecular complexity index is 1420. The number of alkyl halides is 5. The molecule has 2 heterocycles. The monoisotopic (exact) mass is 485 g/mol. The number of nitrogens with one attached hydrogen (secondary N) is 1. The van der Waals surface area contributed by atoms with Gasteiger partial charge in [-0.15, -0.1) is 0 Å². The smallest absolute Gasteiger partial charge is 0.446 e. The second kappa shape index (κ2) is 8.65. The van der Waals surface area contributed by atoms with Gasteiger partial charge in [-0.1, -0.05) is 6.07 Å². The van der Waals surface area contributed by atoms with E-state index < -0.39 is 58.3 Å². The zero-order valence-electron chi connectivity index (χ0n) is 17.3. The zero-order valence-corrected chi connectivity index (χ0v) is 17.3. The molecule has 0 unspecified atom stereocenters. The van der Waals surface area contributed by atoms with Crippen molar-refractivity contribution in [1.82, 2.24) is 19.5 Å². The Morgan fingerprint density at radius 2 is 1.85 bits per heavy atom. The molecule has 0 amide bonds. The molecule has 178 valence electrons. The van der Waals surface area contributed by atoms with E-state index in [4.69, 9.17) is 10.00 Å². The SMILES string of the molecule is Cc1nc(C)c(Cn2cnc(C(F)(F)C(F)(F)F)c(Oc3cccc(C#N)c3F)c2=O)c(=O)[nH]1. The lowest BCUT2D eigenvalue weighted by atomic mass is 10.2. The largest absolute Gasteiger partial charge is 0.459 e. The van der Waals surface area contributed by atoms with Gasteiger partial charge in [0.1, 0.15) is 11.9 Å². The van der Waals surface area contributed by atoms with Gasteiger partial charge in [-0.25, -0.2) is 14.4 Å². The molecule has 3 rings (SSSR count). The van der Waals surface area contributed by atoms with Crippen LogP contribution in [-0.2, 0) is 12.5 Å². The molecular formula is C20H13F6N5O3. The molecule has 8 nitrogen and oxygen atoms in total. The number of nitrogens with zero attached hydrogens (tertiary/aromatic N) is 4. The third kappa shape index (κ3) is 4.36. The number of aryl methyl sites for hydroxylation is 2. The van der Waals surface area contributed by atoms with E-state index >= 15 is 0 Å². The Morgan fingerprint density at radius 3 is 2.44 bits per heavy atom. The van der Waals surface area contributed by atoms with E-state index in [1.807, 2.05) is 0 Å².